The zero-order chi connectivity index (χ0) is 15.8. The monoisotopic (exact) mass is 520 g/mol. The molecule has 0 unspecified atom stereocenters. The number of hydrogen-bond acceptors (Lipinski definition) is 0. The third-order valence-electron chi connectivity index (χ3n) is 3.10. The van der Waals surface area contributed by atoms with Crippen molar-refractivity contribution in [3.05, 3.63) is 84.9 Å². The third-order valence-corrected chi connectivity index (χ3v) is 3.10. The Hall–Kier alpha value is -0.798. The van der Waals surface area contributed by atoms with E-state index in [2.05, 4.69) is 98.0 Å². The fourth-order valence-electron chi connectivity index (χ4n) is 2.14. The van der Waals surface area contributed by atoms with Crippen LogP contribution in [0.15, 0.2) is 84.9 Å². The molecule has 0 aliphatic carbocycles. The zero-order valence-electron chi connectivity index (χ0n) is 13.1. The molecule has 0 atom stereocenters. The molecular formula is C20H20SiTh. The van der Waals surface area contributed by atoms with E-state index in [4.69, 9.17) is 0 Å². The molecule has 4 aromatic rings. The molecule has 22 heavy (non-hydrogen) atoms. The minimum atomic E-state index is 0.289. The van der Waals surface area contributed by atoms with Crippen LogP contribution in [0.4, 0.5) is 0 Å². The fraction of sp³-hybridized carbons (Fsp3) is 0.100. The van der Waals surface area contributed by atoms with E-state index in [9.17, 15) is 0 Å². The van der Waals surface area contributed by atoms with Gasteiger partial charge in [-0.3, -0.25) is 0 Å². The molecule has 4 aromatic carbocycles. The first-order chi connectivity index (χ1) is 10.7. The van der Waals surface area contributed by atoms with Crippen molar-refractivity contribution in [2.24, 2.45) is 0 Å². The SMILES string of the molecule is C[Si](C)=[Th+2].c1ccc2[cH-]ccc2c1.c1ccc2[cH-]ccc2c1. The minimum Gasteiger partial charge on any atom is -0.168 e. The summed E-state index contributed by atoms with van der Waals surface area (Å²) in [7, 11) is 0. The molecule has 0 spiro atoms. The summed E-state index contributed by atoms with van der Waals surface area (Å²) in [6.07, 6.45) is 0. The first kappa shape index (κ1) is 17.6. The van der Waals surface area contributed by atoms with Crippen LogP contribution in [0.2, 0.25) is 13.1 Å². The summed E-state index contributed by atoms with van der Waals surface area (Å²) in [5.74, 6) is 0. The number of hydrogen-bond donors (Lipinski definition) is 0. The van der Waals surface area contributed by atoms with Crippen LogP contribution in [-0.4, -0.2) is 3.03 Å². The van der Waals surface area contributed by atoms with Crippen molar-refractivity contribution in [1.29, 1.82) is 0 Å². The van der Waals surface area contributed by atoms with Crippen LogP contribution >= 0.6 is 0 Å². The zero-order valence-corrected chi connectivity index (χ0v) is 18.2. The average Bonchev–Trinajstić information content (AvgIpc) is 3.16. The summed E-state index contributed by atoms with van der Waals surface area (Å²) in [5, 5.41) is 5.32. The Bertz CT molecular complexity index is 708. The molecule has 0 nitrogen and oxygen atoms in total. The van der Waals surface area contributed by atoms with Gasteiger partial charge in [0, 0.05) is 0 Å². The Morgan fingerprint density at radius 1 is 0.682 bits per heavy atom. The van der Waals surface area contributed by atoms with E-state index in [-0.39, 0.29) is 3.03 Å². The van der Waals surface area contributed by atoms with Crippen LogP contribution in [0.5, 0.6) is 0 Å². The molecule has 0 bridgehead atoms. The van der Waals surface area contributed by atoms with Crippen LogP contribution in [0.3, 0.4) is 0 Å². The normalized spacial score (nSPS) is 9.64. The second-order valence-electron chi connectivity index (χ2n) is 5.31. The summed E-state index contributed by atoms with van der Waals surface area (Å²) in [4.78, 5) is 0. The van der Waals surface area contributed by atoms with Gasteiger partial charge in [0.1, 0.15) is 0 Å². The summed E-state index contributed by atoms with van der Waals surface area (Å²) in [6.45, 7) is 4.69. The molecule has 0 radical (unpaired) electrons. The van der Waals surface area contributed by atoms with E-state index in [0.717, 1.165) is 0 Å². The van der Waals surface area contributed by atoms with E-state index in [0.29, 0.717) is 0 Å². The standard InChI is InChI=1S/2C9H7.C2H6Si.Th/c2*1-2-5-9-7-3-6-8(9)4-1;1-3-2;/h2*1-7H;1-2H3;/q2*-1;;+2. The molecule has 2 heteroatoms. The largest absolute Gasteiger partial charge is 0.168 e. The molecule has 0 saturated heterocycles. The van der Waals surface area contributed by atoms with Gasteiger partial charge in [-0.1, -0.05) is 12.1 Å². The molecule has 0 saturated carbocycles. The molecule has 4 rings (SSSR count). The van der Waals surface area contributed by atoms with Crippen molar-refractivity contribution in [2.75, 3.05) is 0 Å². The van der Waals surface area contributed by atoms with Crippen molar-refractivity contribution in [2.45, 2.75) is 13.1 Å². The third kappa shape index (κ3) is 5.77. The smallest absolute Gasteiger partial charge is 0.0809 e. The molecule has 0 aliphatic heterocycles. The fourth-order valence-corrected chi connectivity index (χ4v) is 2.14. The van der Waals surface area contributed by atoms with E-state index >= 15 is 0 Å². The maximum absolute atomic E-state index is 2.34. The van der Waals surface area contributed by atoms with Crippen LogP contribution in [0.25, 0.3) is 21.5 Å². The van der Waals surface area contributed by atoms with Gasteiger partial charge in [-0.05, 0) is 0 Å². The topological polar surface area (TPSA) is 0 Å². The summed E-state index contributed by atoms with van der Waals surface area (Å²) in [6, 6.07) is 29.3. The maximum atomic E-state index is 2.34. The van der Waals surface area contributed by atoms with Crippen LogP contribution in [0.1, 0.15) is 0 Å². The Morgan fingerprint density at radius 3 is 1.41 bits per heavy atom. The van der Waals surface area contributed by atoms with Gasteiger partial charge in [0.15, 0.2) is 0 Å². The Kier molecular flexibility index (Phi) is 7.47. The van der Waals surface area contributed by atoms with Gasteiger partial charge in [-0.2, -0.15) is 35.0 Å². The first-order valence-electron chi connectivity index (χ1n) is 7.39. The molecule has 0 amide bonds. The second-order valence-corrected chi connectivity index (χ2v) is 19.6. The van der Waals surface area contributed by atoms with Gasteiger partial charge in [0.2, 0.25) is 0 Å². The quantitative estimate of drug-likeness (QED) is 0.200. The van der Waals surface area contributed by atoms with E-state index in [1.807, 2.05) is 0 Å². The van der Waals surface area contributed by atoms with E-state index < -0.39 is 0 Å². The predicted octanol–water partition coefficient (Wildman–Crippen LogP) is 5.90. The van der Waals surface area contributed by atoms with Gasteiger partial charge in [0.25, 0.3) is 0 Å². The van der Waals surface area contributed by atoms with Gasteiger partial charge < -0.3 is 0 Å². The maximum Gasteiger partial charge on any atom is -0.0809 e. The number of rotatable bonds is 0. The van der Waals surface area contributed by atoms with Gasteiger partial charge in [-0.15, -0.1) is 59.3 Å². The Balaban J connectivity index is 0.000000131. The molecule has 0 fully saturated rings. The van der Waals surface area contributed by atoms with Crippen LogP contribution in [-0.2, 0) is 0 Å². The van der Waals surface area contributed by atoms with E-state index in [1.165, 1.54) is 57.8 Å². The Labute approximate surface area is 157 Å². The predicted molar refractivity (Wildman–Crippen MR) is 96.6 cm³/mol. The van der Waals surface area contributed by atoms with Gasteiger partial charge >= 0.3 is 52.3 Å². The molecular weight excluding hydrogens is 500 g/mol. The molecule has 0 heterocycles. The first-order valence-corrected chi connectivity index (χ1v) is 16.1. The molecule has 0 aliphatic rings. The minimum absolute atomic E-state index is 0.289. The number of fused-ring (bicyclic) bond motifs is 2. The van der Waals surface area contributed by atoms with Gasteiger partial charge in [0.05, 0.1) is 0 Å². The Morgan fingerprint density at radius 2 is 1.05 bits per heavy atom. The van der Waals surface area contributed by atoms with Gasteiger partial charge in [-0.25, -0.2) is 0 Å². The molecule has 0 N–H and O–H groups in total. The summed E-state index contributed by atoms with van der Waals surface area (Å²) >= 11 is 1.28. The van der Waals surface area contributed by atoms with Crippen LogP contribution < -0.4 is 0 Å². The molecule has 108 valence electrons. The van der Waals surface area contributed by atoms with Crippen molar-refractivity contribution in [3.63, 3.8) is 0 Å². The van der Waals surface area contributed by atoms with Crippen LogP contribution in [0, 0.1) is 36.2 Å². The molecule has 0 aromatic heterocycles. The number of benzene rings is 2. The average molecular weight is 521 g/mol. The summed E-state index contributed by atoms with van der Waals surface area (Å²) in [5.41, 5.74) is 0. The van der Waals surface area contributed by atoms with Crippen molar-refractivity contribution in [3.8, 4) is 0 Å². The van der Waals surface area contributed by atoms with Crippen molar-refractivity contribution in [1.82, 2.24) is 0 Å². The van der Waals surface area contributed by atoms with Crippen molar-refractivity contribution < 1.29 is 36.2 Å². The second kappa shape index (κ2) is 9.37. The van der Waals surface area contributed by atoms with E-state index in [1.54, 1.807) is 0 Å². The summed E-state index contributed by atoms with van der Waals surface area (Å²) < 4.78 is 0.289. The van der Waals surface area contributed by atoms with Crippen molar-refractivity contribution >= 4 is 24.6 Å².